The second-order valence-electron chi connectivity index (χ2n) is 5.90. The first-order valence-electron chi connectivity index (χ1n) is 7.71. The number of hydrogen-bond acceptors (Lipinski definition) is 3. The molecule has 1 aromatic rings. The number of rotatable bonds is 5. The van der Waals surface area contributed by atoms with Crippen molar-refractivity contribution in [2.45, 2.75) is 39.8 Å². The second-order valence-corrected chi connectivity index (χ2v) is 5.90. The molecule has 0 spiro atoms. The Bertz CT molecular complexity index is 502. The highest BCUT2D eigenvalue weighted by Gasteiger charge is 2.34. The third kappa shape index (κ3) is 3.83. The number of ether oxygens (including phenoxy) is 1. The number of carbonyl (C=O) groups is 1. The van der Waals surface area contributed by atoms with Crippen LogP contribution in [-0.2, 0) is 9.53 Å². The molecule has 1 aliphatic heterocycles. The zero-order valence-corrected chi connectivity index (χ0v) is 13.4. The molecule has 1 heterocycles. The van der Waals surface area contributed by atoms with Gasteiger partial charge in [0.05, 0.1) is 25.2 Å². The minimum Gasteiger partial charge on any atom is -0.379 e. The second kappa shape index (κ2) is 7.05. The Hall–Kier alpha value is -1.39. The number of benzene rings is 1. The van der Waals surface area contributed by atoms with Crippen molar-refractivity contribution in [1.82, 2.24) is 10.6 Å². The molecule has 1 aliphatic rings. The van der Waals surface area contributed by atoms with Crippen molar-refractivity contribution in [2.24, 2.45) is 5.92 Å². The molecule has 0 saturated carbocycles. The van der Waals surface area contributed by atoms with Crippen LogP contribution in [0.3, 0.4) is 0 Å². The van der Waals surface area contributed by atoms with Crippen LogP contribution in [0, 0.1) is 19.8 Å². The third-order valence-electron chi connectivity index (χ3n) is 4.13. The summed E-state index contributed by atoms with van der Waals surface area (Å²) in [5.74, 6) is -0.0240. The van der Waals surface area contributed by atoms with E-state index in [0.717, 1.165) is 6.54 Å². The topological polar surface area (TPSA) is 50.4 Å². The van der Waals surface area contributed by atoms with E-state index in [1.807, 2.05) is 13.8 Å². The van der Waals surface area contributed by atoms with Crippen LogP contribution in [0.1, 0.15) is 36.6 Å². The number of amides is 1. The summed E-state index contributed by atoms with van der Waals surface area (Å²) in [6, 6.07) is 6.48. The molecule has 2 rings (SSSR count). The van der Waals surface area contributed by atoms with Gasteiger partial charge in [0.25, 0.3) is 0 Å². The van der Waals surface area contributed by atoms with E-state index < -0.39 is 0 Å². The van der Waals surface area contributed by atoms with Crippen LogP contribution >= 0.6 is 0 Å². The molecule has 1 aromatic carbocycles. The Morgan fingerprint density at radius 2 is 2.14 bits per heavy atom. The first-order valence-corrected chi connectivity index (χ1v) is 7.71. The van der Waals surface area contributed by atoms with Gasteiger partial charge in [-0.1, -0.05) is 30.7 Å². The molecule has 1 saturated heterocycles. The van der Waals surface area contributed by atoms with Gasteiger partial charge in [-0.15, -0.1) is 0 Å². The van der Waals surface area contributed by atoms with Crippen LogP contribution in [0.2, 0.25) is 0 Å². The summed E-state index contributed by atoms with van der Waals surface area (Å²) in [5.41, 5.74) is 3.63. The number of aryl methyl sites for hydroxylation is 2. The lowest BCUT2D eigenvalue weighted by atomic mass is 9.98. The van der Waals surface area contributed by atoms with Crippen LogP contribution in [-0.4, -0.2) is 31.7 Å². The van der Waals surface area contributed by atoms with E-state index in [-0.39, 0.29) is 23.9 Å². The first kappa shape index (κ1) is 16.0. The Morgan fingerprint density at radius 3 is 2.81 bits per heavy atom. The molecular formula is C17H26N2O2. The van der Waals surface area contributed by atoms with Crippen molar-refractivity contribution in [3.8, 4) is 0 Å². The van der Waals surface area contributed by atoms with E-state index in [0.29, 0.717) is 13.2 Å². The van der Waals surface area contributed by atoms with Gasteiger partial charge in [-0.25, -0.2) is 0 Å². The quantitative estimate of drug-likeness (QED) is 0.873. The molecule has 0 bridgehead atoms. The number of carbonyl (C=O) groups excluding carboxylic acids is 1. The van der Waals surface area contributed by atoms with Crippen molar-refractivity contribution >= 4 is 5.91 Å². The van der Waals surface area contributed by atoms with E-state index in [1.165, 1.54) is 16.7 Å². The van der Waals surface area contributed by atoms with Crippen molar-refractivity contribution in [3.05, 3.63) is 34.9 Å². The van der Waals surface area contributed by atoms with Crippen LogP contribution in [0.4, 0.5) is 0 Å². The van der Waals surface area contributed by atoms with Gasteiger partial charge in [-0.05, 0) is 38.4 Å². The highest BCUT2D eigenvalue weighted by atomic mass is 16.5. The molecule has 1 fully saturated rings. The number of nitrogens with one attached hydrogen (secondary N) is 2. The fourth-order valence-corrected chi connectivity index (χ4v) is 2.99. The summed E-state index contributed by atoms with van der Waals surface area (Å²) in [5, 5.41) is 6.45. The SMILES string of the molecule is CCNC1COCC1C(=O)NC(C)c1ccc(C)cc1C. The number of hydrogen-bond donors (Lipinski definition) is 2. The van der Waals surface area contributed by atoms with Gasteiger partial charge in [0.1, 0.15) is 0 Å². The molecule has 21 heavy (non-hydrogen) atoms. The lowest BCUT2D eigenvalue weighted by molar-refractivity contribution is -0.126. The highest BCUT2D eigenvalue weighted by molar-refractivity contribution is 5.80. The average Bonchev–Trinajstić information content (AvgIpc) is 2.87. The van der Waals surface area contributed by atoms with Crippen LogP contribution < -0.4 is 10.6 Å². The first-order chi connectivity index (χ1) is 10.0. The van der Waals surface area contributed by atoms with Crippen molar-refractivity contribution in [2.75, 3.05) is 19.8 Å². The molecule has 4 heteroatoms. The smallest absolute Gasteiger partial charge is 0.227 e. The molecule has 116 valence electrons. The molecule has 4 nitrogen and oxygen atoms in total. The maximum atomic E-state index is 12.5. The Labute approximate surface area is 127 Å². The van der Waals surface area contributed by atoms with Gasteiger partial charge in [-0.2, -0.15) is 0 Å². The van der Waals surface area contributed by atoms with E-state index in [1.54, 1.807) is 0 Å². The van der Waals surface area contributed by atoms with Crippen molar-refractivity contribution < 1.29 is 9.53 Å². The summed E-state index contributed by atoms with van der Waals surface area (Å²) >= 11 is 0. The minimum absolute atomic E-state index is 0.0148. The lowest BCUT2D eigenvalue weighted by Crippen LogP contribution is -2.44. The van der Waals surface area contributed by atoms with E-state index >= 15 is 0 Å². The van der Waals surface area contributed by atoms with Gasteiger partial charge in [0.2, 0.25) is 5.91 Å². The van der Waals surface area contributed by atoms with Gasteiger partial charge in [-0.3, -0.25) is 4.79 Å². The molecule has 0 aliphatic carbocycles. The van der Waals surface area contributed by atoms with Crippen LogP contribution in [0.5, 0.6) is 0 Å². The highest BCUT2D eigenvalue weighted by Crippen LogP contribution is 2.20. The molecular weight excluding hydrogens is 264 g/mol. The zero-order valence-electron chi connectivity index (χ0n) is 13.4. The summed E-state index contributed by atoms with van der Waals surface area (Å²) in [6.07, 6.45) is 0. The van der Waals surface area contributed by atoms with Crippen LogP contribution in [0.15, 0.2) is 18.2 Å². The average molecular weight is 290 g/mol. The maximum Gasteiger partial charge on any atom is 0.227 e. The molecule has 3 atom stereocenters. The van der Waals surface area contributed by atoms with Crippen molar-refractivity contribution in [1.29, 1.82) is 0 Å². The molecule has 0 aromatic heterocycles. The summed E-state index contributed by atoms with van der Waals surface area (Å²) < 4.78 is 5.45. The van der Waals surface area contributed by atoms with E-state index in [2.05, 4.69) is 42.7 Å². The maximum absolute atomic E-state index is 12.5. The standard InChI is InChI=1S/C17H26N2O2/c1-5-18-16-10-21-9-15(16)17(20)19-13(4)14-7-6-11(2)8-12(14)3/h6-8,13,15-16,18H,5,9-10H2,1-4H3,(H,19,20). The van der Waals surface area contributed by atoms with Crippen LogP contribution in [0.25, 0.3) is 0 Å². The molecule has 2 N–H and O–H groups in total. The Kier molecular flexibility index (Phi) is 5.37. The largest absolute Gasteiger partial charge is 0.379 e. The van der Waals surface area contributed by atoms with Crippen molar-refractivity contribution in [3.63, 3.8) is 0 Å². The lowest BCUT2D eigenvalue weighted by Gasteiger charge is -2.22. The normalized spacial score (nSPS) is 23.0. The summed E-state index contributed by atoms with van der Waals surface area (Å²) in [6.45, 7) is 10.2. The molecule has 1 amide bonds. The minimum atomic E-state index is -0.0989. The van der Waals surface area contributed by atoms with Gasteiger partial charge >= 0.3 is 0 Å². The van der Waals surface area contributed by atoms with E-state index in [4.69, 9.17) is 4.74 Å². The third-order valence-corrected chi connectivity index (χ3v) is 4.13. The predicted molar refractivity (Wildman–Crippen MR) is 84.2 cm³/mol. The Balaban J connectivity index is 2.01. The monoisotopic (exact) mass is 290 g/mol. The fraction of sp³-hybridized carbons (Fsp3) is 0.588. The van der Waals surface area contributed by atoms with Gasteiger partial charge in [0.15, 0.2) is 0 Å². The fourth-order valence-electron chi connectivity index (χ4n) is 2.99. The molecule has 0 radical (unpaired) electrons. The van der Waals surface area contributed by atoms with Gasteiger partial charge < -0.3 is 15.4 Å². The summed E-state index contributed by atoms with van der Waals surface area (Å²) in [7, 11) is 0. The van der Waals surface area contributed by atoms with E-state index in [9.17, 15) is 4.79 Å². The predicted octanol–water partition coefficient (Wildman–Crippen LogP) is 2.11. The molecule has 3 unspecified atom stereocenters. The summed E-state index contributed by atoms with van der Waals surface area (Å²) in [4.78, 5) is 12.5. The zero-order chi connectivity index (χ0) is 15.4. The van der Waals surface area contributed by atoms with Gasteiger partial charge in [0, 0.05) is 6.04 Å². The number of likely N-dealkylation sites (N-methyl/N-ethyl adjacent to an activating group) is 1. The Morgan fingerprint density at radius 1 is 1.38 bits per heavy atom.